The highest BCUT2D eigenvalue weighted by Crippen LogP contribution is 2.34. The quantitative estimate of drug-likeness (QED) is 0.361. The van der Waals surface area contributed by atoms with Crippen molar-refractivity contribution in [2.24, 2.45) is 0 Å². The van der Waals surface area contributed by atoms with Crippen LogP contribution < -0.4 is 14.9 Å². The Labute approximate surface area is 194 Å². The first kappa shape index (κ1) is 20.9. The van der Waals surface area contributed by atoms with Crippen LogP contribution in [0.3, 0.4) is 0 Å². The Hall–Kier alpha value is -2.99. The smallest absolute Gasteiger partial charge is 0.200 e. The van der Waals surface area contributed by atoms with E-state index in [-0.39, 0.29) is 5.43 Å². The van der Waals surface area contributed by atoms with E-state index in [0.717, 1.165) is 16.9 Å². The van der Waals surface area contributed by atoms with Gasteiger partial charge in [-0.1, -0.05) is 47.5 Å². The van der Waals surface area contributed by atoms with Gasteiger partial charge >= 0.3 is 0 Å². The maximum Gasteiger partial charge on any atom is 0.200 e. The molecule has 0 aliphatic carbocycles. The van der Waals surface area contributed by atoms with E-state index in [9.17, 15) is 4.79 Å². The van der Waals surface area contributed by atoms with Crippen molar-refractivity contribution < 1.29 is 13.9 Å². The Balaban J connectivity index is 1.52. The fraction of sp³-hybridized carbons (Fsp3) is 0.160. The Morgan fingerprint density at radius 1 is 1.03 bits per heavy atom. The average Bonchev–Trinajstić information content (AvgIpc) is 2.81. The van der Waals surface area contributed by atoms with Crippen LogP contribution in [0.15, 0.2) is 70.1 Å². The second-order valence-electron chi connectivity index (χ2n) is 7.61. The molecule has 0 saturated carbocycles. The lowest BCUT2D eigenvalue weighted by Crippen LogP contribution is -2.31. The lowest BCUT2D eigenvalue weighted by molar-refractivity contribution is 0.0890. The van der Waals surface area contributed by atoms with E-state index in [0.29, 0.717) is 57.7 Å². The van der Waals surface area contributed by atoms with E-state index in [1.54, 1.807) is 19.2 Å². The summed E-state index contributed by atoms with van der Waals surface area (Å²) in [6, 6.07) is 16.5. The van der Waals surface area contributed by atoms with Gasteiger partial charge in [0.1, 0.15) is 30.1 Å². The summed E-state index contributed by atoms with van der Waals surface area (Å²) in [6.07, 6.45) is 1.50. The maximum atomic E-state index is 13.3. The van der Waals surface area contributed by atoms with Gasteiger partial charge in [-0.05, 0) is 35.9 Å². The number of halogens is 2. The van der Waals surface area contributed by atoms with Crippen LogP contribution >= 0.6 is 23.2 Å². The first-order valence-electron chi connectivity index (χ1n) is 10.0. The van der Waals surface area contributed by atoms with Crippen LogP contribution in [0.25, 0.3) is 22.1 Å². The van der Waals surface area contributed by atoms with E-state index in [1.807, 2.05) is 42.5 Å². The Morgan fingerprint density at radius 3 is 2.69 bits per heavy atom. The molecule has 0 unspecified atom stereocenters. The topological polar surface area (TPSA) is 51.9 Å². The van der Waals surface area contributed by atoms with Gasteiger partial charge in [-0.15, -0.1) is 0 Å². The lowest BCUT2D eigenvalue weighted by atomic mass is 10.0. The van der Waals surface area contributed by atoms with Crippen molar-refractivity contribution in [1.29, 1.82) is 0 Å². The van der Waals surface area contributed by atoms with Crippen molar-refractivity contribution in [2.75, 3.05) is 13.8 Å². The van der Waals surface area contributed by atoms with Gasteiger partial charge in [0.15, 0.2) is 0 Å². The summed E-state index contributed by atoms with van der Waals surface area (Å²) in [6.45, 7) is 1.61. The molecule has 0 atom stereocenters. The number of para-hydroxylation sites is 1. The summed E-state index contributed by atoms with van der Waals surface area (Å²) in [5.41, 5.74) is 3.44. The molecule has 1 aliphatic rings. The molecule has 0 radical (unpaired) electrons. The molecule has 2 heterocycles. The fourth-order valence-corrected chi connectivity index (χ4v) is 4.33. The molecule has 0 spiro atoms. The molecule has 32 heavy (non-hydrogen) atoms. The SMILES string of the molecule is COc1ccccc1-c1coc2c3c(ccc2c1=O)OCN(Cc1ccc(Cl)c(Cl)c1)C3. The third kappa shape index (κ3) is 3.73. The van der Waals surface area contributed by atoms with Gasteiger partial charge in [-0.3, -0.25) is 9.69 Å². The first-order valence-corrected chi connectivity index (χ1v) is 10.8. The molecule has 1 aromatic heterocycles. The van der Waals surface area contributed by atoms with Gasteiger partial charge in [-0.25, -0.2) is 0 Å². The number of benzene rings is 3. The fourth-order valence-electron chi connectivity index (χ4n) is 4.01. The van der Waals surface area contributed by atoms with Crippen LogP contribution in [0, 0.1) is 0 Å². The molecule has 5 nitrogen and oxygen atoms in total. The van der Waals surface area contributed by atoms with Crippen LogP contribution in [0.5, 0.6) is 11.5 Å². The third-order valence-electron chi connectivity index (χ3n) is 5.57. The van der Waals surface area contributed by atoms with E-state index in [2.05, 4.69) is 4.90 Å². The highest BCUT2D eigenvalue weighted by atomic mass is 35.5. The molecule has 1 aliphatic heterocycles. The van der Waals surface area contributed by atoms with E-state index in [1.165, 1.54) is 6.26 Å². The number of nitrogens with zero attached hydrogens (tertiary/aromatic N) is 1. The largest absolute Gasteiger partial charge is 0.496 e. The molecule has 7 heteroatoms. The zero-order valence-electron chi connectivity index (χ0n) is 17.2. The first-order chi connectivity index (χ1) is 15.5. The van der Waals surface area contributed by atoms with Crippen LogP contribution in [0.4, 0.5) is 0 Å². The molecule has 0 amide bonds. The highest BCUT2D eigenvalue weighted by molar-refractivity contribution is 6.42. The van der Waals surface area contributed by atoms with Crippen LogP contribution in [-0.4, -0.2) is 18.7 Å². The maximum absolute atomic E-state index is 13.3. The Bertz CT molecular complexity index is 1380. The van der Waals surface area contributed by atoms with Gasteiger partial charge < -0.3 is 13.9 Å². The normalized spacial score (nSPS) is 13.6. The van der Waals surface area contributed by atoms with Gasteiger partial charge in [0.2, 0.25) is 5.43 Å². The number of fused-ring (bicyclic) bond motifs is 3. The Kier molecular flexibility index (Phi) is 5.55. The van der Waals surface area contributed by atoms with E-state index >= 15 is 0 Å². The predicted molar refractivity (Wildman–Crippen MR) is 126 cm³/mol. The van der Waals surface area contributed by atoms with Crippen molar-refractivity contribution in [1.82, 2.24) is 4.90 Å². The number of hydrogen-bond donors (Lipinski definition) is 0. The minimum atomic E-state index is -0.111. The van der Waals surface area contributed by atoms with Crippen molar-refractivity contribution >= 4 is 34.2 Å². The van der Waals surface area contributed by atoms with Crippen molar-refractivity contribution in [3.05, 3.63) is 92.3 Å². The summed E-state index contributed by atoms with van der Waals surface area (Å²) in [7, 11) is 1.58. The summed E-state index contributed by atoms with van der Waals surface area (Å²) >= 11 is 12.2. The molecule has 0 fully saturated rings. The van der Waals surface area contributed by atoms with Crippen LogP contribution in [0.2, 0.25) is 10.0 Å². The van der Waals surface area contributed by atoms with Crippen molar-refractivity contribution in [3.63, 3.8) is 0 Å². The minimum Gasteiger partial charge on any atom is -0.496 e. The molecule has 4 aromatic rings. The third-order valence-corrected chi connectivity index (χ3v) is 6.31. The lowest BCUT2D eigenvalue weighted by Gasteiger charge is -2.29. The summed E-state index contributed by atoms with van der Waals surface area (Å²) in [4.78, 5) is 15.4. The molecular weight excluding hydrogens is 449 g/mol. The van der Waals surface area contributed by atoms with Crippen molar-refractivity contribution in [2.45, 2.75) is 13.1 Å². The molecule has 0 saturated heterocycles. The van der Waals surface area contributed by atoms with Crippen LogP contribution in [-0.2, 0) is 13.1 Å². The second-order valence-corrected chi connectivity index (χ2v) is 8.42. The molecule has 0 bridgehead atoms. The number of hydrogen-bond acceptors (Lipinski definition) is 5. The second kappa shape index (κ2) is 8.51. The average molecular weight is 468 g/mol. The molecule has 0 N–H and O–H groups in total. The predicted octanol–water partition coefficient (Wildman–Crippen LogP) is 6.13. The highest BCUT2D eigenvalue weighted by Gasteiger charge is 2.23. The minimum absolute atomic E-state index is 0.111. The van der Waals surface area contributed by atoms with Crippen LogP contribution in [0.1, 0.15) is 11.1 Å². The zero-order valence-corrected chi connectivity index (χ0v) is 18.7. The van der Waals surface area contributed by atoms with E-state index < -0.39 is 0 Å². The summed E-state index contributed by atoms with van der Waals surface area (Å²) < 4.78 is 17.4. The molecule has 3 aromatic carbocycles. The number of ether oxygens (including phenoxy) is 2. The Morgan fingerprint density at radius 2 is 1.88 bits per heavy atom. The summed E-state index contributed by atoms with van der Waals surface area (Å²) in [5, 5.41) is 1.55. The van der Waals surface area contributed by atoms with Gasteiger partial charge in [0.05, 0.1) is 33.7 Å². The number of methoxy groups -OCH3 is 1. The van der Waals surface area contributed by atoms with Crippen molar-refractivity contribution in [3.8, 4) is 22.6 Å². The molecular formula is C25H19Cl2NO4. The standard InChI is InChI=1S/C25H19Cl2NO4/c1-30-22-5-3-2-4-16(22)19-13-31-25-17(24(19)29)7-9-23-18(25)12-28(14-32-23)11-15-6-8-20(26)21(27)10-15/h2-10,13H,11-12,14H2,1H3. The van der Waals surface area contributed by atoms with Gasteiger partial charge in [0.25, 0.3) is 0 Å². The van der Waals surface area contributed by atoms with E-state index in [4.69, 9.17) is 37.1 Å². The summed E-state index contributed by atoms with van der Waals surface area (Å²) in [5.74, 6) is 1.34. The van der Waals surface area contributed by atoms with Gasteiger partial charge in [0, 0.05) is 18.7 Å². The number of rotatable bonds is 4. The molecule has 5 rings (SSSR count). The zero-order chi connectivity index (χ0) is 22.2. The molecule has 162 valence electrons. The monoisotopic (exact) mass is 467 g/mol. The van der Waals surface area contributed by atoms with Gasteiger partial charge in [-0.2, -0.15) is 0 Å².